The zero-order valence-corrected chi connectivity index (χ0v) is 12.9. The maximum atomic E-state index is 12.4. The molecule has 1 N–H and O–H groups in total. The summed E-state index contributed by atoms with van der Waals surface area (Å²) in [7, 11) is 1.65. The fraction of sp³-hybridized carbons (Fsp3) is 0.286. The number of ether oxygens (including phenoxy) is 1. The number of hydrogen-bond donors (Lipinski definition) is 1. The zero-order chi connectivity index (χ0) is 16.4. The number of halogens is 3. The molecule has 0 bridgehead atoms. The summed E-state index contributed by atoms with van der Waals surface area (Å²) in [6.45, 7) is 0.489. The minimum absolute atomic E-state index is 0.0196. The van der Waals surface area contributed by atoms with Gasteiger partial charge in [0.25, 0.3) is 5.91 Å². The lowest BCUT2D eigenvalue weighted by Gasteiger charge is -2.12. The maximum absolute atomic E-state index is 12.4. The molecule has 0 atom stereocenters. The number of alkyl halides is 2. The van der Waals surface area contributed by atoms with E-state index in [2.05, 4.69) is 15.2 Å². The van der Waals surface area contributed by atoms with Gasteiger partial charge in [-0.1, -0.05) is 17.7 Å². The van der Waals surface area contributed by atoms with Crippen LogP contribution in [-0.4, -0.2) is 22.3 Å². The Morgan fingerprint density at radius 2 is 2.09 bits per heavy atom. The van der Waals surface area contributed by atoms with Gasteiger partial charge in [-0.05, 0) is 31.5 Å². The van der Waals surface area contributed by atoms with Gasteiger partial charge in [-0.25, -0.2) is 0 Å². The van der Waals surface area contributed by atoms with Gasteiger partial charge in [-0.3, -0.25) is 9.48 Å². The van der Waals surface area contributed by atoms with Crippen LogP contribution < -0.4 is 10.1 Å². The lowest BCUT2D eigenvalue weighted by Crippen LogP contribution is -2.15. The van der Waals surface area contributed by atoms with Crippen LogP contribution in [0, 0.1) is 13.8 Å². The fourth-order valence-electron chi connectivity index (χ4n) is 1.85. The molecule has 0 unspecified atom stereocenters. The van der Waals surface area contributed by atoms with Crippen LogP contribution in [0.1, 0.15) is 21.7 Å². The molecule has 1 amide bonds. The summed E-state index contributed by atoms with van der Waals surface area (Å²) in [6.07, 6.45) is 0. The van der Waals surface area contributed by atoms with Crippen LogP contribution in [0.2, 0.25) is 5.02 Å². The molecule has 1 heterocycles. The third kappa shape index (κ3) is 3.36. The van der Waals surface area contributed by atoms with E-state index in [-0.39, 0.29) is 22.2 Å². The first kappa shape index (κ1) is 16.2. The third-order valence-corrected chi connectivity index (χ3v) is 3.53. The summed E-state index contributed by atoms with van der Waals surface area (Å²) in [5.41, 5.74) is 1.55. The molecule has 0 radical (unpaired) electrons. The molecule has 1 aromatic heterocycles. The quantitative estimate of drug-likeness (QED) is 0.933. The molecular weight excluding hydrogens is 316 g/mol. The smallest absolute Gasteiger partial charge is 0.387 e. The van der Waals surface area contributed by atoms with E-state index < -0.39 is 12.5 Å². The van der Waals surface area contributed by atoms with E-state index in [0.717, 1.165) is 5.56 Å². The summed E-state index contributed by atoms with van der Waals surface area (Å²) in [4.78, 5) is 12.2. The lowest BCUT2D eigenvalue weighted by molar-refractivity contribution is -0.0493. The highest BCUT2D eigenvalue weighted by Crippen LogP contribution is 2.28. The van der Waals surface area contributed by atoms with E-state index in [1.165, 1.54) is 16.8 Å². The summed E-state index contributed by atoms with van der Waals surface area (Å²) < 4.78 is 30.7. The van der Waals surface area contributed by atoms with Crippen LogP contribution in [0.3, 0.4) is 0 Å². The number of rotatable bonds is 4. The number of aryl methyl sites for hydroxylation is 2. The lowest BCUT2D eigenvalue weighted by atomic mass is 10.2. The van der Waals surface area contributed by atoms with Gasteiger partial charge in [0.2, 0.25) is 0 Å². The number of hydrogen-bond acceptors (Lipinski definition) is 3. The number of anilines is 1. The second-order valence-electron chi connectivity index (χ2n) is 4.70. The Bertz CT molecular complexity index is 716. The van der Waals surface area contributed by atoms with Crippen molar-refractivity contribution in [3.05, 3.63) is 40.2 Å². The Balaban J connectivity index is 2.31. The Morgan fingerprint density at radius 1 is 1.41 bits per heavy atom. The van der Waals surface area contributed by atoms with E-state index in [0.29, 0.717) is 5.69 Å². The largest absolute Gasteiger partial charge is 0.433 e. The molecule has 0 saturated heterocycles. The van der Waals surface area contributed by atoms with E-state index in [1.54, 1.807) is 27.0 Å². The van der Waals surface area contributed by atoms with E-state index in [1.807, 2.05) is 0 Å². The SMILES string of the molecule is Cc1ccc(OC(F)F)c(NC(=O)c2nn(C)c(C)c2Cl)c1. The van der Waals surface area contributed by atoms with E-state index in [4.69, 9.17) is 11.6 Å². The molecule has 2 aromatic rings. The molecule has 0 fully saturated rings. The summed E-state index contributed by atoms with van der Waals surface area (Å²) in [5.74, 6) is -0.726. The first-order valence-electron chi connectivity index (χ1n) is 6.35. The molecule has 5 nitrogen and oxygen atoms in total. The number of carbonyl (C=O) groups excluding carboxylic acids is 1. The molecule has 0 spiro atoms. The average molecular weight is 330 g/mol. The average Bonchev–Trinajstić information content (AvgIpc) is 2.69. The molecule has 8 heteroatoms. The highest BCUT2D eigenvalue weighted by molar-refractivity contribution is 6.34. The third-order valence-electron chi connectivity index (χ3n) is 3.08. The predicted octanol–water partition coefficient (Wildman–Crippen LogP) is 3.54. The van der Waals surface area contributed by atoms with E-state index >= 15 is 0 Å². The van der Waals surface area contributed by atoms with Gasteiger partial charge >= 0.3 is 6.61 Å². The van der Waals surface area contributed by atoms with Gasteiger partial charge < -0.3 is 10.1 Å². The highest BCUT2D eigenvalue weighted by atomic mass is 35.5. The normalized spacial score (nSPS) is 10.9. The zero-order valence-electron chi connectivity index (χ0n) is 12.2. The molecule has 118 valence electrons. The summed E-state index contributed by atoms with van der Waals surface area (Å²) >= 11 is 6.04. The highest BCUT2D eigenvalue weighted by Gasteiger charge is 2.20. The van der Waals surface area contributed by atoms with Crippen molar-refractivity contribution in [2.24, 2.45) is 7.05 Å². The molecule has 0 aliphatic heterocycles. The van der Waals surface area contributed by atoms with Crippen LogP contribution >= 0.6 is 11.6 Å². The summed E-state index contributed by atoms with van der Waals surface area (Å²) in [6, 6.07) is 4.49. The Morgan fingerprint density at radius 3 is 2.64 bits per heavy atom. The monoisotopic (exact) mass is 329 g/mol. The maximum Gasteiger partial charge on any atom is 0.387 e. The Hall–Kier alpha value is -2.15. The molecular formula is C14H14ClF2N3O2. The topological polar surface area (TPSA) is 56.1 Å². The van der Waals surface area contributed by atoms with Gasteiger partial charge in [0.05, 0.1) is 16.4 Å². The van der Waals surface area contributed by atoms with Gasteiger partial charge in [-0.15, -0.1) is 0 Å². The van der Waals surface area contributed by atoms with Crippen LogP contribution in [0.5, 0.6) is 5.75 Å². The van der Waals surface area contributed by atoms with Crippen LogP contribution in [0.25, 0.3) is 0 Å². The standard InChI is InChI=1S/C14H14ClF2N3O2/c1-7-4-5-10(22-14(16)17)9(6-7)18-13(21)12-11(15)8(2)20(3)19-12/h4-6,14H,1-3H3,(H,18,21). The number of nitrogens with one attached hydrogen (secondary N) is 1. The fourth-order valence-corrected chi connectivity index (χ4v) is 2.10. The first-order chi connectivity index (χ1) is 10.3. The second kappa shape index (κ2) is 6.31. The minimum Gasteiger partial charge on any atom is -0.433 e. The van der Waals surface area contributed by atoms with Crippen molar-refractivity contribution >= 4 is 23.2 Å². The van der Waals surface area contributed by atoms with Gasteiger partial charge in [0, 0.05) is 7.05 Å². The van der Waals surface area contributed by atoms with E-state index in [9.17, 15) is 13.6 Å². The molecule has 0 aliphatic rings. The van der Waals surface area contributed by atoms with Crippen LogP contribution in [0.4, 0.5) is 14.5 Å². The molecule has 1 aromatic carbocycles. The van der Waals surface area contributed by atoms with Crippen LogP contribution in [-0.2, 0) is 7.05 Å². The summed E-state index contributed by atoms with van der Waals surface area (Å²) in [5, 5.41) is 6.71. The Kier molecular flexibility index (Phi) is 4.65. The number of nitrogens with zero attached hydrogens (tertiary/aromatic N) is 2. The number of carbonyl (C=O) groups is 1. The number of amides is 1. The van der Waals surface area contributed by atoms with Crippen molar-refractivity contribution in [3.63, 3.8) is 0 Å². The minimum atomic E-state index is -2.99. The van der Waals surface area contributed by atoms with Crippen molar-refractivity contribution in [2.45, 2.75) is 20.5 Å². The first-order valence-corrected chi connectivity index (χ1v) is 6.73. The second-order valence-corrected chi connectivity index (χ2v) is 5.08. The molecule has 22 heavy (non-hydrogen) atoms. The molecule has 0 saturated carbocycles. The number of benzene rings is 1. The van der Waals surface area contributed by atoms with Crippen molar-refractivity contribution in [1.29, 1.82) is 0 Å². The van der Waals surface area contributed by atoms with Crippen molar-refractivity contribution in [3.8, 4) is 5.75 Å². The van der Waals surface area contributed by atoms with Crippen molar-refractivity contribution in [1.82, 2.24) is 9.78 Å². The predicted molar refractivity (Wildman–Crippen MR) is 78.7 cm³/mol. The van der Waals surface area contributed by atoms with Gasteiger partial charge in [0.1, 0.15) is 5.75 Å². The van der Waals surface area contributed by atoms with Gasteiger partial charge in [-0.2, -0.15) is 13.9 Å². The Labute approximate surface area is 130 Å². The van der Waals surface area contributed by atoms with Crippen molar-refractivity contribution < 1.29 is 18.3 Å². The molecule has 2 rings (SSSR count). The molecule has 0 aliphatic carbocycles. The number of aromatic nitrogens is 2. The van der Waals surface area contributed by atoms with Crippen LogP contribution in [0.15, 0.2) is 18.2 Å². The van der Waals surface area contributed by atoms with Gasteiger partial charge in [0.15, 0.2) is 5.69 Å². The van der Waals surface area contributed by atoms with Crippen molar-refractivity contribution in [2.75, 3.05) is 5.32 Å².